The third kappa shape index (κ3) is 6.63. The summed E-state index contributed by atoms with van der Waals surface area (Å²) >= 11 is 0. The van der Waals surface area contributed by atoms with Crippen molar-refractivity contribution in [1.29, 1.82) is 0 Å². The molecule has 1 aromatic carbocycles. The molecule has 2 unspecified atom stereocenters. The number of rotatable bonds is 9. The average molecular weight is 598 g/mol. The fourth-order valence-corrected chi connectivity index (χ4v) is 11.2. The van der Waals surface area contributed by atoms with Gasteiger partial charge < -0.3 is 13.7 Å². The van der Waals surface area contributed by atoms with E-state index in [1.165, 1.54) is 19.3 Å². The van der Waals surface area contributed by atoms with Crippen molar-refractivity contribution in [2.24, 2.45) is 45.6 Å². The summed E-state index contributed by atoms with van der Waals surface area (Å²) in [4.78, 5) is 20.3. The van der Waals surface area contributed by atoms with Gasteiger partial charge in [0.15, 0.2) is 16.6 Å². The molecule has 7 heteroatoms. The fourth-order valence-electron chi connectivity index (χ4n) is 9.43. The van der Waals surface area contributed by atoms with Crippen LogP contribution in [0, 0.1) is 40.4 Å². The van der Waals surface area contributed by atoms with E-state index in [1.54, 1.807) is 0 Å². The standard InChI is InChI=1S/C34H55NO4Si2/c1-33-19-18-26(39-41(6,7)8)20-25(33)14-15-27-28-16-17-29(34(28,2)21-31(36)32(27)33)30(23-38-40(3,4)5)35-37-22-24-12-10-9-11-13-24/h9-13,25-29,32H,14-23H2,1-8H3/b35-30+/t25?,26?,27-,28-,29+,32+,33-,34-/m0/s1. The molecule has 0 aliphatic heterocycles. The van der Waals surface area contributed by atoms with Crippen LogP contribution in [0.3, 0.4) is 0 Å². The molecule has 0 saturated heterocycles. The lowest BCUT2D eigenvalue weighted by molar-refractivity contribution is -0.159. The topological polar surface area (TPSA) is 57.1 Å². The molecule has 4 saturated carbocycles. The molecular weight excluding hydrogens is 543 g/mol. The van der Waals surface area contributed by atoms with Crippen LogP contribution in [-0.4, -0.2) is 40.8 Å². The summed E-state index contributed by atoms with van der Waals surface area (Å²) in [5.74, 6) is 2.63. The SMILES string of the molecule is C[C@]12CC(=O)[C@H]3[C@@H](CCC4CC(O[Si](C)(C)C)CC[C@@]43C)[C@@H]1CC[C@@H]2/C(CO[Si](C)(C)C)=N/OCc1ccccc1. The van der Waals surface area contributed by atoms with Crippen LogP contribution < -0.4 is 0 Å². The molecule has 4 fully saturated rings. The molecule has 0 aromatic heterocycles. The Bertz CT molecular complexity index is 1110. The average Bonchev–Trinajstić information content (AvgIpc) is 3.21. The molecule has 1 aromatic rings. The predicted molar refractivity (Wildman–Crippen MR) is 172 cm³/mol. The van der Waals surface area contributed by atoms with Crippen molar-refractivity contribution in [3.05, 3.63) is 35.9 Å². The Morgan fingerprint density at radius 3 is 2.34 bits per heavy atom. The molecule has 0 bridgehead atoms. The molecular formula is C34H55NO4Si2. The third-order valence-electron chi connectivity index (χ3n) is 11.1. The molecule has 0 radical (unpaired) electrons. The second kappa shape index (κ2) is 11.7. The first-order valence-corrected chi connectivity index (χ1v) is 23.1. The molecule has 0 heterocycles. The summed E-state index contributed by atoms with van der Waals surface area (Å²) in [6.45, 7) is 19.4. The van der Waals surface area contributed by atoms with E-state index in [0.29, 0.717) is 49.3 Å². The molecule has 4 aliphatic rings. The van der Waals surface area contributed by atoms with Gasteiger partial charge in [-0.2, -0.15) is 0 Å². The van der Waals surface area contributed by atoms with Crippen LogP contribution in [-0.2, 0) is 25.1 Å². The summed E-state index contributed by atoms with van der Waals surface area (Å²) < 4.78 is 13.0. The van der Waals surface area contributed by atoms with Crippen molar-refractivity contribution in [2.75, 3.05) is 6.61 Å². The van der Waals surface area contributed by atoms with E-state index in [9.17, 15) is 4.79 Å². The highest BCUT2D eigenvalue weighted by Gasteiger charge is 2.64. The Hall–Kier alpha value is -1.29. The highest BCUT2D eigenvalue weighted by molar-refractivity contribution is 6.70. The Kier molecular flexibility index (Phi) is 8.86. The van der Waals surface area contributed by atoms with Gasteiger partial charge in [0.1, 0.15) is 12.4 Å². The summed E-state index contributed by atoms with van der Waals surface area (Å²) in [5.41, 5.74) is 2.18. The van der Waals surface area contributed by atoms with Crippen molar-refractivity contribution in [3.63, 3.8) is 0 Å². The van der Waals surface area contributed by atoms with E-state index >= 15 is 0 Å². The maximum atomic E-state index is 14.3. The number of nitrogens with zero attached hydrogens (tertiary/aromatic N) is 1. The minimum Gasteiger partial charge on any atom is -0.415 e. The number of carbonyl (C=O) groups is 1. The van der Waals surface area contributed by atoms with Crippen LogP contribution in [0.2, 0.25) is 39.3 Å². The number of hydrogen-bond donors (Lipinski definition) is 0. The second-order valence-corrected chi connectivity index (χ2v) is 25.2. The number of fused-ring (bicyclic) bond motifs is 5. The quantitative estimate of drug-likeness (QED) is 0.163. The smallest absolute Gasteiger partial charge is 0.184 e. The van der Waals surface area contributed by atoms with Crippen molar-refractivity contribution in [1.82, 2.24) is 0 Å². The fraction of sp³-hybridized carbons (Fsp3) is 0.765. The number of Topliss-reactive ketones (excluding diaryl/α,β-unsaturated/α-hetero) is 1. The van der Waals surface area contributed by atoms with E-state index in [-0.39, 0.29) is 22.7 Å². The van der Waals surface area contributed by atoms with Crippen LogP contribution in [0.4, 0.5) is 0 Å². The molecule has 5 nitrogen and oxygen atoms in total. The first kappa shape index (κ1) is 31.1. The zero-order valence-electron chi connectivity index (χ0n) is 27.0. The lowest BCUT2D eigenvalue weighted by Gasteiger charge is -2.60. The molecule has 0 N–H and O–H groups in total. The van der Waals surface area contributed by atoms with Gasteiger partial charge in [-0.1, -0.05) is 49.3 Å². The minimum atomic E-state index is -1.75. The van der Waals surface area contributed by atoms with Gasteiger partial charge in [-0.25, -0.2) is 0 Å². The number of oxime groups is 1. The molecule has 0 amide bonds. The minimum absolute atomic E-state index is 0.0721. The second-order valence-electron chi connectivity index (χ2n) is 16.2. The Balaban J connectivity index is 1.35. The highest BCUT2D eigenvalue weighted by atomic mass is 28.4. The van der Waals surface area contributed by atoms with Gasteiger partial charge in [0.05, 0.1) is 12.3 Å². The molecule has 5 rings (SSSR count). The van der Waals surface area contributed by atoms with Gasteiger partial charge in [-0.05, 0) is 118 Å². The van der Waals surface area contributed by atoms with E-state index in [0.717, 1.165) is 37.0 Å². The Labute approximate surface area is 251 Å². The maximum absolute atomic E-state index is 14.3. The maximum Gasteiger partial charge on any atom is 0.184 e. The van der Waals surface area contributed by atoms with Crippen LogP contribution >= 0.6 is 0 Å². The van der Waals surface area contributed by atoms with Gasteiger partial charge in [-0.3, -0.25) is 4.79 Å². The third-order valence-corrected chi connectivity index (χ3v) is 13.2. The van der Waals surface area contributed by atoms with E-state index < -0.39 is 16.6 Å². The monoisotopic (exact) mass is 597 g/mol. The lowest BCUT2D eigenvalue weighted by atomic mass is 9.44. The number of carbonyl (C=O) groups excluding carboxylic acids is 1. The van der Waals surface area contributed by atoms with E-state index in [1.807, 2.05) is 18.2 Å². The van der Waals surface area contributed by atoms with Gasteiger partial charge in [-0.15, -0.1) is 0 Å². The number of hydrogen-bond acceptors (Lipinski definition) is 5. The van der Waals surface area contributed by atoms with Crippen LogP contribution in [0.15, 0.2) is 35.5 Å². The van der Waals surface area contributed by atoms with Crippen LogP contribution in [0.25, 0.3) is 0 Å². The van der Waals surface area contributed by atoms with Gasteiger partial charge in [0, 0.05) is 24.4 Å². The number of ketones is 1. The number of benzene rings is 1. The van der Waals surface area contributed by atoms with Gasteiger partial charge in [0.2, 0.25) is 0 Å². The van der Waals surface area contributed by atoms with Gasteiger partial charge >= 0.3 is 0 Å². The van der Waals surface area contributed by atoms with Crippen molar-refractivity contribution in [2.45, 2.75) is 117 Å². The molecule has 41 heavy (non-hydrogen) atoms. The summed E-state index contributed by atoms with van der Waals surface area (Å²) in [5, 5.41) is 4.78. The highest BCUT2D eigenvalue weighted by Crippen LogP contribution is 2.66. The van der Waals surface area contributed by atoms with Crippen LogP contribution in [0.5, 0.6) is 0 Å². The molecule has 8 atom stereocenters. The summed E-state index contributed by atoms with van der Waals surface area (Å²) in [7, 11) is -3.31. The van der Waals surface area contributed by atoms with Crippen molar-refractivity contribution in [3.8, 4) is 0 Å². The molecule has 4 aliphatic carbocycles. The zero-order valence-corrected chi connectivity index (χ0v) is 29.0. The van der Waals surface area contributed by atoms with Gasteiger partial charge in [0.25, 0.3) is 0 Å². The van der Waals surface area contributed by atoms with Crippen molar-refractivity contribution >= 4 is 28.1 Å². The van der Waals surface area contributed by atoms with Crippen molar-refractivity contribution < 1.29 is 18.5 Å². The lowest BCUT2D eigenvalue weighted by Crippen LogP contribution is -2.58. The van der Waals surface area contributed by atoms with Crippen LogP contribution in [0.1, 0.15) is 70.8 Å². The first-order chi connectivity index (χ1) is 19.2. The Morgan fingerprint density at radius 2 is 1.66 bits per heavy atom. The first-order valence-electron chi connectivity index (χ1n) is 16.3. The predicted octanol–water partition coefficient (Wildman–Crippen LogP) is 8.47. The molecule has 0 spiro atoms. The molecule has 228 valence electrons. The normalized spacial score (nSPS) is 37.8. The van der Waals surface area contributed by atoms with E-state index in [4.69, 9.17) is 18.8 Å². The zero-order chi connectivity index (χ0) is 29.6. The summed E-state index contributed by atoms with van der Waals surface area (Å²) in [6, 6.07) is 10.2. The van der Waals surface area contributed by atoms with E-state index in [2.05, 4.69) is 65.3 Å². The summed E-state index contributed by atoms with van der Waals surface area (Å²) in [6.07, 6.45) is 9.14. The Morgan fingerprint density at radius 1 is 0.927 bits per heavy atom. The largest absolute Gasteiger partial charge is 0.415 e.